The average molecular weight is 453 g/mol. The van der Waals surface area contributed by atoms with E-state index in [9.17, 15) is 5.11 Å². The number of nitrogens with one attached hydrogen (secondary N) is 1. The Hall–Kier alpha value is -4.03. The number of ether oxygens (including phenoxy) is 1. The van der Waals surface area contributed by atoms with Crippen LogP contribution in [0.25, 0.3) is 22.3 Å². The maximum atomic E-state index is 10.3. The summed E-state index contributed by atoms with van der Waals surface area (Å²) in [7, 11) is 1.66. The number of hydrogen-bond acceptors (Lipinski definition) is 5. The molecule has 6 heteroatoms. The van der Waals surface area contributed by atoms with Crippen LogP contribution in [0.4, 0.5) is 0 Å². The van der Waals surface area contributed by atoms with Gasteiger partial charge in [0.1, 0.15) is 11.9 Å². The molecular weight excluding hydrogens is 424 g/mol. The van der Waals surface area contributed by atoms with Gasteiger partial charge >= 0.3 is 0 Å². The number of H-pyrrole nitrogens is 1. The molecule has 0 spiro atoms. The van der Waals surface area contributed by atoms with E-state index in [0.717, 1.165) is 45.6 Å². The van der Waals surface area contributed by atoms with Gasteiger partial charge < -0.3 is 9.84 Å². The molecule has 0 saturated carbocycles. The molecule has 0 radical (unpaired) electrons. The number of aromatic nitrogens is 4. The maximum absolute atomic E-state index is 10.3. The van der Waals surface area contributed by atoms with Crippen molar-refractivity contribution < 1.29 is 9.84 Å². The Morgan fingerprint density at radius 3 is 2.53 bits per heavy atom. The first kappa shape index (κ1) is 23.1. The molecule has 3 aromatic heterocycles. The molecule has 0 fully saturated rings. The topological polar surface area (TPSA) is 83.9 Å². The van der Waals surface area contributed by atoms with Crippen molar-refractivity contribution in [2.45, 2.75) is 26.4 Å². The van der Waals surface area contributed by atoms with Crippen LogP contribution in [0.15, 0.2) is 85.2 Å². The van der Waals surface area contributed by atoms with Crippen molar-refractivity contribution in [3.8, 4) is 17.0 Å². The van der Waals surface area contributed by atoms with Gasteiger partial charge in [0.05, 0.1) is 18.5 Å². The first-order chi connectivity index (χ1) is 16.6. The SMILES string of the molecule is CCc1cccc(C(O)c2ncccc2C)c1.COc1ccccc1-c1[nH]nc2ncccc12. The fourth-order valence-corrected chi connectivity index (χ4v) is 3.83. The molecule has 1 unspecified atom stereocenters. The Kier molecular flexibility index (Phi) is 7.30. The molecule has 5 aromatic rings. The highest BCUT2D eigenvalue weighted by atomic mass is 16.5. The van der Waals surface area contributed by atoms with E-state index in [1.165, 1.54) is 5.56 Å². The molecular formula is C28H28N4O2. The number of para-hydroxylation sites is 1. The predicted octanol–water partition coefficient (Wildman–Crippen LogP) is 5.67. The standard InChI is InChI=1S/C15H17NO.C13H11N3O/c1-3-12-7-4-8-13(10-12)15(17)14-11(2)6-5-9-16-14;1-17-11-7-3-2-5-9(11)12-10-6-4-8-14-13(10)16-15-12/h4-10,15,17H,3H2,1-2H3;2-8H,1H3,(H,14,15,16). The summed E-state index contributed by atoms with van der Waals surface area (Å²) in [4.78, 5) is 8.46. The smallest absolute Gasteiger partial charge is 0.181 e. The second-order valence-corrected chi connectivity index (χ2v) is 7.88. The van der Waals surface area contributed by atoms with Gasteiger partial charge in [0.25, 0.3) is 0 Å². The normalized spacial score (nSPS) is 11.5. The Bertz CT molecular complexity index is 1380. The second-order valence-electron chi connectivity index (χ2n) is 7.88. The summed E-state index contributed by atoms with van der Waals surface area (Å²) >= 11 is 0. The van der Waals surface area contributed by atoms with Gasteiger partial charge in [0, 0.05) is 23.3 Å². The number of aromatic amines is 1. The van der Waals surface area contributed by atoms with Crippen LogP contribution >= 0.6 is 0 Å². The number of fused-ring (bicyclic) bond motifs is 1. The zero-order valence-electron chi connectivity index (χ0n) is 19.6. The second kappa shape index (κ2) is 10.7. The first-order valence-corrected chi connectivity index (χ1v) is 11.2. The van der Waals surface area contributed by atoms with Crippen molar-refractivity contribution in [2.75, 3.05) is 7.11 Å². The third kappa shape index (κ3) is 4.97. The minimum absolute atomic E-state index is 0.636. The van der Waals surface area contributed by atoms with E-state index in [1.807, 2.05) is 73.7 Å². The van der Waals surface area contributed by atoms with Gasteiger partial charge in [-0.2, -0.15) is 5.10 Å². The van der Waals surface area contributed by atoms with E-state index >= 15 is 0 Å². The van der Waals surface area contributed by atoms with Gasteiger partial charge in [-0.1, -0.05) is 49.4 Å². The lowest BCUT2D eigenvalue weighted by molar-refractivity contribution is 0.214. The number of aliphatic hydroxyl groups excluding tert-OH is 1. The summed E-state index contributed by atoms with van der Waals surface area (Å²) in [5.41, 5.74) is 6.54. The number of pyridine rings is 2. The Labute approximate surface area is 199 Å². The fraction of sp³-hybridized carbons (Fsp3) is 0.179. The van der Waals surface area contributed by atoms with Gasteiger partial charge in [-0.3, -0.25) is 10.1 Å². The summed E-state index contributed by atoms with van der Waals surface area (Å²) in [5, 5.41) is 18.5. The van der Waals surface area contributed by atoms with E-state index in [-0.39, 0.29) is 0 Å². The van der Waals surface area contributed by atoms with Gasteiger partial charge in [0.15, 0.2) is 5.65 Å². The highest BCUT2D eigenvalue weighted by Crippen LogP contribution is 2.32. The monoisotopic (exact) mass is 452 g/mol. The van der Waals surface area contributed by atoms with Crippen LogP contribution in [0.5, 0.6) is 5.75 Å². The third-order valence-corrected chi connectivity index (χ3v) is 5.69. The van der Waals surface area contributed by atoms with Crippen LogP contribution in [0.3, 0.4) is 0 Å². The lowest BCUT2D eigenvalue weighted by atomic mass is 10.00. The van der Waals surface area contributed by atoms with E-state index in [2.05, 4.69) is 33.2 Å². The molecule has 0 aliphatic heterocycles. The van der Waals surface area contributed by atoms with Crippen molar-refractivity contribution in [3.63, 3.8) is 0 Å². The quantitative estimate of drug-likeness (QED) is 0.359. The summed E-state index contributed by atoms with van der Waals surface area (Å²) < 4.78 is 5.35. The molecule has 0 amide bonds. The predicted molar refractivity (Wildman–Crippen MR) is 135 cm³/mol. The van der Waals surface area contributed by atoms with E-state index < -0.39 is 6.10 Å². The molecule has 34 heavy (non-hydrogen) atoms. The highest BCUT2D eigenvalue weighted by molar-refractivity contribution is 5.92. The van der Waals surface area contributed by atoms with Crippen LogP contribution in [0, 0.1) is 6.92 Å². The number of aryl methyl sites for hydroxylation is 2. The largest absolute Gasteiger partial charge is 0.496 e. The van der Waals surface area contributed by atoms with E-state index in [4.69, 9.17) is 4.74 Å². The Morgan fingerprint density at radius 1 is 0.941 bits per heavy atom. The molecule has 0 bridgehead atoms. The molecule has 0 saturated heterocycles. The zero-order valence-corrected chi connectivity index (χ0v) is 19.6. The third-order valence-electron chi connectivity index (χ3n) is 5.69. The van der Waals surface area contributed by atoms with Gasteiger partial charge in [0.2, 0.25) is 0 Å². The molecule has 5 rings (SSSR count). The number of nitrogens with zero attached hydrogens (tertiary/aromatic N) is 3. The van der Waals surface area contributed by atoms with Crippen molar-refractivity contribution in [1.29, 1.82) is 0 Å². The summed E-state index contributed by atoms with van der Waals surface area (Å²) in [6.45, 7) is 4.08. The van der Waals surface area contributed by atoms with Gasteiger partial charge in [-0.05, 0) is 60.4 Å². The number of aliphatic hydroxyl groups is 1. The summed E-state index contributed by atoms with van der Waals surface area (Å²) in [5.74, 6) is 0.821. The van der Waals surface area contributed by atoms with E-state index in [1.54, 1.807) is 19.5 Å². The Morgan fingerprint density at radius 2 is 1.74 bits per heavy atom. The molecule has 2 N–H and O–H groups in total. The average Bonchev–Trinajstić information content (AvgIpc) is 3.33. The van der Waals surface area contributed by atoms with Crippen LogP contribution in [0.2, 0.25) is 0 Å². The number of benzene rings is 2. The van der Waals surface area contributed by atoms with Gasteiger partial charge in [-0.15, -0.1) is 0 Å². The number of methoxy groups -OCH3 is 1. The van der Waals surface area contributed by atoms with E-state index in [0.29, 0.717) is 5.65 Å². The zero-order chi connectivity index (χ0) is 23.9. The summed E-state index contributed by atoms with van der Waals surface area (Å²) in [6, 6.07) is 23.6. The minimum Gasteiger partial charge on any atom is -0.496 e. The minimum atomic E-state index is -0.636. The highest BCUT2D eigenvalue weighted by Gasteiger charge is 2.14. The molecule has 1 atom stereocenters. The maximum Gasteiger partial charge on any atom is 0.181 e. The lowest BCUT2D eigenvalue weighted by Gasteiger charge is -2.13. The van der Waals surface area contributed by atoms with Crippen molar-refractivity contribution >= 4 is 11.0 Å². The molecule has 172 valence electrons. The van der Waals surface area contributed by atoms with Crippen molar-refractivity contribution in [2.24, 2.45) is 0 Å². The van der Waals surface area contributed by atoms with Crippen LogP contribution < -0.4 is 4.74 Å². The first-order valence-electron chi connectivity index (χ1n) is 11.2. The summed E-state index contributed by atoms with van der Waals surface area (Å²) in [6.07, 6.45) is 3.79. The van der Waals surface area contributed by atoms with Crippen molar-refractivity contribution in [1.82, 2.24) is 20.2 Å². The Balaban J connectivity index is 0.000000161. The van der Waals surface area contributed by atoms with Crippen LogP contribution in [-0.2, 0) is 6.42 Å². The van der Waals surface area contributed by atoms with Crippen LogP contribution in [-0.4, -0.2) is 32.4 Å². The number of rotatable bonds is 5. The molecule has 2 aromatic carbocycles. The van der Waals surface area contributed by atoms with Crippen molar-refractivity contribution in [3.05, 3.63) is 108 Å². The van der Waals surface area contributed by atoms with Gasteiger partial charge in [-0.25, -0.2) is 4.98 Å². The molecule has 0 aliphatic carbocycles. The molecule has 3 heterocycles. The fourth-order valence-electron chi connectivity index (χ4n) is 3.83. The molecule has 0 aliphatic rings. The molecule has 6 nitrogen and oxygen atoms in total. The van der Waals surface area contributed by atoms with Crippen LogP contribution in [0.1, 0.15) is 35.4 Å². The number of hydrogen-bond donors (Lipinski definition) is 2. The lowest BCUT2D eigenvalue weighted by Crippen LogP contribution is -2.04.